The summed E-state index contributed by atoms with van der Waals surface area (Å²) in [5.74, 6) is 0.344. The summed E-state index contributed by atoms with van der Waals surface area (Å²) in [5.41, 5.74) is -2.25. The third-order valence-electron chi connectivity index (χ3n) is 5.44. The van der Waals surface area contributed by atoms with Crippen molar-refractivity contribution in [1.82, 2.24) is 4.90 Å². The first-order valence-corrected chi connectivity index (χ1v) is 7.49. The molecule has 4 rings (SSSR count). The molecule has 4 bridgehead atoms. The quantitative estimate of drug-likeness (QED) is 0.790. The summed E-state index contributed by atoms with van der Waals surface area (Å²) in [6, 6.07) is 0. The molecular formula is C15H25NO4. The molecule has 4 aliphatic rings. The second kappa shape index (κ2) is 4.42. The molecule has 5 nitrogen and oxygen atoms in total. The highest BCUT2D eigenvalue weighted by Crippen LogP contribution is 2.63. The number of hydrogen-bond donors (Lipinski definition) is 2. The van der Waals surface area contributed by atoms with Gasteiger partial charge in [-0.1, -0.05) is 0 Å². The van der Waals surface area contributed by atoms with Gasteiger partial charge in [-0.15, -0.1) is 0 Å². The molecule has 0 saturated heterocycles. The standard InChI is InChI=1S/C15H25NO4/c1-16(3-4-20-2)12(17)13-5-11-6-14(18,8-13)10-15(19,7-11)9-13/h11,18-19H,3-10H2,1-2H3. The van der Waals surface area contributed by atoms with Gasteiger partial charge >= 0.3 is 0 Å². The molecule has 0 aromatic rings. The Labute approximate surface area is 119 Å². The Morgan fingerprint density at radius 3 is 2.30 bits per heavy atom. The zero-order chi connectivity index (χ0) is 14.6. The Morgan fingerprint density at radius 2 is 1.80 bits per heavy atom. The molecule has 4 aliphatic carbocycles. The van der Waals surface area contributed by atoms with Crippen molar-refractivity contribution in [3.63, 3.8) is 0 Å². The molecule has 0 aliphatic heterocycles. The van der Waals surface area contributed by atoms with E-state index in [4.69, 9.17) is 4.74 Å². The lowest BCUT2D eigenvalue weighted by Gasteiger charge is -2.62. The number of amides is 1. The fourth-order valence-electron chi connectivity index (χ4n) is 5.31. The molecule has 20 heavy (non-hydrogen) atoms. The lowest BCUT2D eigenvalue weighted by molar-refractivity contribution is -0.231. The average molecular weight is 283 g/mol. The van der Waals surface area contributed by atoms with Crippen LogP contribution in [0.5, 0.6) is 0 Å². The van der Waals surface area contributed by atoms with Crippen LogP contribution in [0.25, 0.3) is 0 Å². The van der Waals surface area contributed by atoms with Crippen molar-refractivity contribution in [1.29, 1.82) is 0 Å². The van der Waals surface area contributed by atoms with Crippen LogP contribution in [0.3, 0.4) is 0 Å². The average Bonchev–Trinajstić information content (AvgIpc) is 2.30. The van der Waals surface area contributed by atoms with Crippen LogP contribution < -0.4 is 0 Å². The molecule has 114 valence electrons. The summed E-state index contributed by atoms with van der Waals surface area (Å²) in [4.78, 5) is 14.5. The van der Waals surface area contributed by atoms with Gasteiger partial charge < -0.3 is 19.8 Å². The van der Waals surface area contributed by atoms with Gasteiger partial charge in [0.1, 0.15) is 0 Å². The number of carbonyl (C=O) groups excluding carboxylic acids is 1. The molecule has 2 atom stereocenters. The summed E-state index contributed by atoms with van der Waals surface area (Å²) in [5, 5.41) is 21.4. The van der Waals surface area contributed by atoms with Crippen molar-refractivity contribution in [2.24, 2.45) is 11.3 Å². The molecule has 2 N–H and O–H groups in total. The number of hydrogen-bond acceptors (Lipinski definition) is 4. The maximum Gasteiger partial charge on any atom is 0.228 e. The molecule has 0 heterocycles. The Balaban J connectivity index is 1.83. The van der Waals surface area contributed by atoms with Gasteiger partial charge in [-0.25, -0.2) is 0 Å². The van der Waals surface area contributed by atoms with Crippen LogP contribution in [-0.4, -0.2) is 59.5 Å². The zero-order valence-corrected chi connectivity index (χ0v) is 12.4. The molecule has 2 unspecified atom stereocenters. The lowest BCUT2D eigenvalue weighted by Crippen LogP contribution is -2.66. The van der Waals surface area contributed by atoms with Gasteiger partial charge in [0, 0.05) is 27.1 Å². The highest BCUT2D eigenvalue weighted by atomic mass is 16.5. The minimum Gasteiger partial charge on any atom is -0.390 e. The molecule has 0 aromatic heterocycles. The molecule has 4 saturated carbocycles. The Kier molecular flexibility index (Phi) is 3.16. The van der Waals surface area contributed by atoms with E-state index in [2.05, 4.69) is 0 Å². The largest absolute Gasteiger partial charge is 0.390 e. The highest BCUT2D eigenvalue weighted by Gasteiger charge is 2.65. The van der Waals surface area contributed by atoms with Gasteiger partial charge in [0.25, 0.3) is 0 Å². The third-order valence-corrected chi connectivity index (χ3v) is 5.44. The first-order valence-electron chi connectivity index (χ1n) is 7.49. The second-order valence-corrected chi connectivity index (χ2v) is 7.46. The van der Waals surface area contributed by atoms with Crippen LogP contribution in [0.2, 0.25) is 0 Å². The van der Waals surface area contributed by atoms with Crippen molar-refractivity contribution in [2.75, 3.05) is 27.3 Å². The van der Waals surface area contributed by atoms with Crippen LogP contribution in [0.1, 0.15) is 38.5 Å². The summed E-state index contributed by atoms with van der Waals surface area (Å²) in [7, 11) is 3.41. The van der Waals surface area contributed by atoms with Crippen molar-refractivity contribution in [3.8, 4) is 0 Å². The van der Waals surface area contributed by atoms with Gasteiger partial charge in [-0.2, -0.15) is 0 Å². The normalized spacial score (nSPS) is 45.7. The number of nitrogens with zero attached hydrogens (tertiary/aromatic N) is 1. The van der Waals surface area contributed by atoms with Crippen LogP contribution in [0.15, 0.2) is 0 Å². The first-order chi connectivity index (χ1) is 9.30. The van der Waals surface area contributed by atoms with Gasteiger partial charge in [-0.05, 0) is 38.0 Å². The minimum absolute atomic E-state index is 0.0653. The van der Waals surface area contributed by atoms with E-state index >= 15 is 0 Å². The number of methoxy groups -OCH3 is 1. The van der Waals surface area contributed by atoms with Gasteiger partial charge in [0.15, 0.2) is 0 Å². The molecular weight excluding hydrogens is 258 g/mol. The maximum absolute atomic E-state index is 12.8. The van der Waals surface area contributed by atoms with Crippen molar-refractivity contribution in [3.05, 3.63) is 0 Å². The topological polar surface area (TPSA) is 70.0 Å². The van der Waals surface area contributed by atoms with Crippen LogP contribution in [0.4, 0.5) is 0 Å². The number of ether oxygens (including phenoxy) is 1. The molecule has 0 radical (unpaired) electrons. The van der Waals surface area contributed by atoms with Gasteiger partial charge in [0.2, 0.25) is 5.91 Å². The second-order valence-electron chi connectivity index (χ2n) is 7.46. The van der Waals surface area contributed by atoms with E-state index in [-0.39, 0.29) is 11.8 Å². The number of aliphatic hydroxyl groups is 2. The summed E-state index contributed by atoms with van der Waals surface area (Å²) < 4.78 is 5.03. The smallest absolute Gasteiger partial charge is 0.228 e. The molecule has 0 aromatic carbocycles. The van der Waals surface area contributed by atoms with E-state index in [9.17, 15) is 15.0 Å². The highest BCUT2D eigenvalue weighted by molar-refractivity contribution is 5.83. The predicted octanol–water partition coefficient (Wildman–Crippen LogP) is 0.537. The van der Waals surface area contributed by atoms with Crippen molar-refractivity contribution in [2.45, 2.75) is 49.7 Å². The zero-order valence-electron chi connectivity index (χ0n) is 12.4. The molecule has 0 spiro atoms. The summed E-state index contributed by atoms with van der Waals surface area (Å²) in [6.07, 6.45) is 3.75. The minimum atomic E-state index is -0.841. The SMILES string of the molecule is COCCN(C)C(=O)C12CC3CC(O)(CC(O)(C3)C1)C2. The van der Waals surface area contributed by atoms with E-state index in [0.717, 1.165) is 19.3 Å². The molecule has 1 amide bonds. The monoisotopic (exact) mass is 283 g/mol. The number of carbonyl (C=O) groups is 1. The predicted molar refractivity (Wildman–Crippen MR) is 73.0 cm³/mol. The van der Waals surface area contributed by atoms with Crippen LogP contribution in [0, 0.1) is 11.3 Å². The third kappa shape index (κ3) is 2.16. The van der Waals surface area contributed by atoms with Gasteiger partial charge in [0.05, 0.1) is 23.2 Å². The maximum atomic E-state index is 12.8. The van der Waals surface area contributed by atoms with Crippen molar-refractivity contribution < 1.29 is 19.7 Å². The van der Waals surface area contributed by atoms with Gasteiger partial charge in [-0.3, -0.25) is 4.79 Å². The van der Waals surface area contributed by atoms with Crippen LogP contribution >= 0.6 is 0 Å². The fraction of sp³-hybridized carbons (Fsp3) is 0.933. The number of rotatable bonds is 4. The lowest BCUT2D eigenvalue weighted by atomic mass is 9.46. The van der Waals surface area contributed by atoms with Crippen LogP contribution in [-0.2, 0) is 9.53 Å². The van der Waals surface area contributed by atoms with E-state index in [1.165, 1.54) is 0 Å². The van der Waals surface area contributed by atoms with E-state index in [1.807, 2.05) is 0 Å². The summed E-state index contributed by atoms with van der Waals surface area (Å²) >= 11 is 0. The molecule has 4 fully saturated rings. The number of likely N-dealkylation sites (N-methyl/N-ethyl adjacent to an activating group) is 1. The fourth-order valence-corrected chi connectivity index (χ4v) is 5.31. The van der Waals surface area contributed by atoms with E-state index < -0.39 is 16.6 Å². The van der Waals surface area contributed by atoms with E-state index in [0.29, 0.717) is 32.4 Å². The van der Waals surface area contributed by atoms with Crippen molar-refractivity contribution >= 4 is 5.91 Å². The summed E-state index contributed by atoms with van der Waals surface area (Å²) in [6.45, 7) is 1.06. The Morgan fingerprint density at radius 1 is 1.20 bits per heavy atom. The Bertz CT molecular complexity index is 406. The van der Waals surface area contributed by atoms with E-state index in [1.54, 1.807) is 19.1 Å². The first kappa shape index (κ1) is 14.3. The Hall–Kier alpha value is -0.650. The molecule has 5 heteroatoms.